The van der Waals surface area contributed by atoms with E-state index in [2.05, 4.69) is 24.4 Å². The zero-order valence-corrected chi connectivity index (χ0v) is 10.2. The summed E-state index contributed by atoms with van der Waals surface area (Å²) in [5.74, 6) is -0.0181. The number of cyclic esters (lactones) is 1. The van der Waals surface area contributed by atoms with Crippen LogP contribution in [0.4, 0.5) is 0 Å². The number of carbonyl (C=O) groups is 1. The fraction of sp³-hybridized carbons (Fsp3) is 0.500. The fourth-order valence-corrected chi connectivity index (χ4v) is 2.20. The number of benzene rings is 1. The van der Waals surface area contributed by atoms with Gasteiger partial charge in [0.15, 0.2) is 0 Å². The van der Waals surface area contributed by atoms with Crippen molar-refractivity contribution in [3.05, 3.63) is 35.9 Å². The third kappa shape index (κ3) is 3.30. The van der Waals surface area contributed by atoms with Gasteiger partial charge in [0.2, 0.25) is 0 Å². The summed E-state index contributed by atoms with van der Waals surface area (Å²) < 4.78 is 4.97. The van der Waals surface area contributed by atoms with Crippen molar-refractivity contribution in [3.63, 3.8) is 0 Å². The number of hydrogen-bond donors (Lipinski definition) is 1. The SMILES string of the molecule is C[C@@H](NCCc1ccccc1)[C@@H]1CCOC1=O. The lowest BCUT2D eigenvalue weighted by molar-refractivity contribution is -0.141. The number of carbonyl (C=O) groups excluding carboxylic acids is 1. The largest absolute Gasteiger partial charge is 0.465 e. The van der Waals surface area contributed by atoms with Crippen molar-refractivity contribution < 1.29 is 9.53 Å². The second-order valence-corrected chi connectivity index (χ2v) is 4.54. The van der Waals surface area contributed by atoms with Crippen molar-refractivity contribution in [1.29, 1.82) is 0 Å². The smallest absolute Gasteiger partial charge is 0.310 e. The van der Waals surface area contributed by atoms with Gasteiger partial charge in [0, 0.05) is 6.04 Å². The summed E-state index contributed by atoms with van der Waals surface area (Å²) in [4.78, 5) is 11.4. The van der Waals surface area contributed by atoms with Crippen molar-refractivity contribution in [1.82, 2.24) is 5.32 Å². The summed E-state index contributed by atoms with van der Waals surface area (Å²) in [7, 11) is 0. The van der Waals surface area contributed by atoms with E-state index in [1.807, 2.05) is 18.2 Å². The van der Waals surface area contributed by atoms with Crippen LogP contribution >= 0.6 is 0 Å². The van der Waals surface area contributed by atoms with E-state index in [-0.39, 0.29) is 17.9 Å². The van der Waals surface area contributed by atoms with Crippen LogP contribution in [0.3, 0.4) is 0 Å². The molecule has 1 fully saturated rings. The van der Waals surface area contributed by atoms with Crippen LogP contribution in [0.5, 0.6) is 0 Å². The molecular formula is C14H19NO2. The number of ether oxygens (including phenoxy) is 1. The Bertz CT molecular complexity index is 364. The molecule has 0 radical (unpaired) electrons. The van der Waals surface area contributed by atoms with Gasteiger partial charge in [0.05, 0.1) is 12.5 Å². The van der Waals surface area contributed by atoms with E-state index < -0.39 is 0 Å². The first kappa shape index (κ1) is 12.1. The molecule has 0 amide bonds. The van der Waals surface area contributed by atoms with E-state index in [4.69, 9.17) is 4.74 Å². The average Bonchev–Trinajstić information content (AvgIpc) is 2.77. The molecule has 1 heterocycles. The standard InChI is InChI=1S/C14H19NO2/c1-11(13-8-10-17-14(13)16)15-9-7-12-5-3-2-4-6-12/h2-6,11,13,15H,7-10H2,1H3/t11-,13+/m1/s1. The van der Waals surface area contributed by atoms with Gasteiger partial charge in [-0.2, -0.15) is 0 Å². The Morgan fingerprint density at radius 1 is 1.41 bits per heavy atom. The summed E-state index contributed by atoms with van der Waals surface area (Å²) in [5, 5.41) is 3.40. The van der Waals surface area contributed by atoms with E-state index in [1.165, 1.54) is 5.56 Å². The highest BCUT2D eigenvalue weighted by Gasteiger charge is 2.31. The van der Waals surface area contributed by atoms with Crippen LogP contribution in [0.25, 0.3) is 0 Å². The number of hydrogen-bond acceptors (Lipinski definition) is 3. The Labute approximate surface area is 102 Å². The summed E-state index contributed by atoms with van der Waals surface area (Å²) in [6, 6.07) is 10.6. The minimum absolute atomic E-state index is 0.0331. The highest BCUT2D eigenvalue weighted by atomic mass is 16.5. The number of esters is 1. The van der Waals surface area contributed by atoms with Crippen LogP contribution in [0.1, 0.15) is 18.9 Å². The average molecular weight is 233 g/mol. The molecule has 1 aliphatic heterocycles. The van der Waals surface area contributed by atoms with Crippen molar-refractivity contribution in [2.45, 2.75) is 25.8 Å². The van der Waals surface area contributed by atoms with Gasteiger partial charge in [-0.3, -0.25) is 4.79 Å². The molecule has 0 unspecified atom stereocenters. The van der Waals surface area contributed by atoms with Gasteiger partial charge in [-0.1, -0.05) is 30.3 Å². The van der Waals surface area contributed by atoms with Crippen LogP contribution in [0, 0.1) is 5.92 Å². The van der Waals surface area contributed by atoms with Crippen LogP contribution in [0.15, 0.2) is 30.3 Å². The summed E-state index contributed by atoms with van der Waals surface area (Å²) in [5.41, 5.74) is 1.32. The van der Waals surface area contributed by atoms with Gasteiger partial charge in [-0.15, -0.1) is 0 Å². The fourth-order valence-electron chi connectivity index (χ4n) is 2.20. The second kappa shape index (κ2) is 5.82. The molecule has 1 aromatic carbocycles. The Kier molecular flexibility index (Phi) is 4.15. The lowest BCUT2D eigenvalue weighted by Gasteiger charge is -2.17. The van der Waals surface area contributed by atoms with Crippen LogP contribution < -0.4 is 5.32 Å². The number of rotatable bonds is 5. The van der Waals surface area contributed by atoms with Crippen molar-refractivity contribution in [3.8, 4) is 0 Å². The molecule has 0 bridgehead atoms. The zero-order valence-electron chi connectivity index (χ0n) is 10.2. The molecule has 2 rings (SSSR count). The van der Waals surface area contributed by atoms with Crippen LogP contribution in [0.2, 0.25) is 0 Å². The predicted molar refractivity (Wildman–Crippen MR) is 66.7 cm³/mol. The third-order valence-electron chi connectivity index (χ3n) is 3.30. The Hall–Kier alpha value is -1.35. The Balaban J connectivity index is 1.73. The van der Waals surface area contributed by atoms with Crippen molar-refractivity contribution >= 4 is 5.97 Å². The summed E-state index contributed by atoms with van der Waals surface area (Å²) in [6.45, 7) is 3.53. The van der Waals surface area contributed by atoms with E-state index in [9.17, 15) is 4.79 Å². The zero-order chi connectivity index (χ0) is 12.1. The molecule has 3 nitrogen and oxygen atoms in total. The van der Waals surface area contributed by atoms with Crippen LogP contribution in [-0.4, -0.2) is 25.2 Å². The second-order valence-electron chi connectivity index (χ2n) is 4.54. The molecule has 0 aromatic heterocycles. The Morgan fingerprint density at radius 3 is 2.82 bits per heavy atom. The molecule has 17 heavy (non-hydrogen) atoms. The maximum Gasteiger partial charge on any atom is 0.310 e. The molecule has 2 atom stereocenters. The van der Waals surface area contributed by atoms with Crippen molar-refractivity contribution in [2.24, 2.45) is 5.92 Å². The van der Waals surface area contributed by atoms with Gasteiger partial charge < -0.3 is 10.1 Å². The molecule has 1 aliphatic rings. The van der Waals surface area contributed by atoms with Gasteiger partial charge >= 0.3 is 5.97 Å². The third-order valence-corrected chi connectivity index (χ3v) is 3.30. The quantitative estimate of drug-likeness (QED) is 0.788. The monoisotopic (exact) mass is 233 g/mol. The molecule has 0 aliphatic carbocycles. The highest BCUT2D eigenvalue weighted by Crippen LogP contribution is 2.18. The predicted octanol–water partition coefficient (Wildman–Crippen LogP) is 1.77. The van der Waals surface area contributed by atoms with Crippen molar-refractivity contribution in [2.75, 3.05) is 13.2 Å². The lowest BCUT2D eigenvalue weighted by atomic mass is 10.00. The molecule has 1 aromatic rings. The molecule has 1 N–H and O–H groups in total. The molecule has 1 saturated heterocycles. The maximum absolute atomic E-state index is 11.4. The van der Waals surface area contributed by atoms with Crippen LogP contribution in [-0.2, 0) is 16.0 Å². The first-order valence-electron chi connectivity index (χ1n) is 6.21. The Morgan fingerprint density at radius 2 is 2.18 bits per heavy atom. The van der Waals surface area contributed by atoms with E-state index >= 15 is 0 Å². The van der Waals surface area contributed by atoms with E-state index in [0.717, 1.165) is 19.4 Å². The molecule has 92 valence electrons. The number of nitrogens with one attached hydrogen (secondary N) is 1. The van der Waals surface area contributed by atoms with Gasteiger partial charge in [0.25, 0.3) is 0 Å². The summed E-state index contributed by atoms with van der Waals surface area (Å²) >= 11 is 0. The first-order valence-corrected chi connectivity index (χ1v) is 6.21. The van der Waals surface area contributed by atoms with Gasteiger partial charge in [-0.25, -0.2) is 0 Å². The topological polar surface area (TPSA) is 38.3 Å². The normalized spacial score (nSPS) is 21.2. The van der Waals surface area contributed by atoms with Gasteiger partial charge in [-0.05, 0) is 31.9 Å². The van der Waals surface area contributed by atoms with E-state index in [1.54, 1.807) is 0 Å². The lowest BCUT2D eigenvalue weighted by Crippen LogP contribution is -2.36. The van der Waals surface area contributed by atoms with Gasteiger partial charge in [0.1, 0.15) is 0 Å². The molecular weight excluding hydrogens is 214 g/mol. The summed E-state index contributed by atoms with van der Waals surface area (Å²) in [6.07, 6.45) is 1.84. The molecule has 0 spiro atoms. The minimum Gasteiger partial charge on any atom is -0.465 e. The maximum atomic E-state index is 11.4. The molecule has 3 heteroatoms. The minimum atomic E-state index is -0.0512. The molecule has 0 saturated carbocycles. The first-order chi connectivity index (χ1) is 8.27. The highest BCUT2D eigenvalue weighted by molar-refractivity contribution is 5.74. The van der Waals surface area contributed by atoms with E-state index in [0.29, 0.717) is 6.61 Å².